The van der Waals surface area contributed by atoms with E-state index in [0.29, 0.717) is 0 Å². The maximum absolute atomic E-state index is 13.0. The topological polar surface area (TPSA) is 83.9 Å². The maximum Gasteiger partial charge on any atom is 0.407 e. The Morgan fingerprint density at radius 3 is 2.50 bits per heavy atom. The molecule has 2 atom stereocenters. The van der Waals surface area contributed by atoms with E-state index in [1.165, 1.54) is 0 Å². The van der Waals surface area contributed by atoms with Gasteiger partial charge >= 0.3 is 6.09 Å². The lowest BCUT2D eigenvalue weighted by Crippen LogP contribution is -2.29. The predicted molar refractivity (Wildman–Crippen MR) is 44.2 cm³/mol. The SMILES string of the molecule is CS(=O)(=O)O[C@@H]1CN(C(=O)O)C[C@@H]1F. The van der Waals surface area contributed by atoms with Crippen molar-refractivity contribution in [1.82, 2.24) is 4.90 Å². The van der Waals surface area contributed by atoms with Crippen molar-refractivity contribution in [3.05, 3.63) is 0 Å². The van der Waals surface area contributed by atoms with Gasteiger partial charge in [-0.15, -0.1) is 0 Å². The Labute approximate surface area is 80.4 Å². The van der Waals surface area contributed by atoms with Gasteiger partial charge in [0.2, 0.25) is 0 Å². The molecule has 0 bridgehead atoms. The molecule has 6 nitrogen and oxygen atoms in total. The minimum Gasteiger partial charge on any atom is -0.465 e. The quantitative estimate of drug-likeness (QED) is 0.652. The van der Waals surface area contributed by atoms with Crippen LogP contribution in [0.3, 0.4) is 0 Å². The summed E-state index contributed by atoms with van der Waals surface area (Å²) in [6.45, 7) is -0.612. The number of amides is 1. The Hall–Kier alpha value is -0.890. The highest BCUT2D eigenvalue weighted by atomic mass is 32.2. The van der Waals surface area contributed by atoms with E-state index in [9.17, 15) is 17.6 Å². The molecule has 0 aromatic rings. The third kappa shape index (κ3) is 2.81. The number of likely N-dealkylation sites (tertiary alicyclic amines) is 1. The van der Waals surface area contributed by atoms with Gasteiger partial charge in [-0.1, -0.05) is 0 Å². The van der Waals surface area contributed by atoms with Gasteiger partial charge in [-0.3, -0.25) is 4.18 Å². The summed E-state index contributed by atoms with van der Waals surface area (Å²) in [4.78, 5) is 11.2. The summed E-state index contributed by atoms with van der Waals surface area (Å²) in [6, 6.07) is 0. The summed E-state index contributed by atoms with van der Waals surface area (Å²) >= 11 is 0. The lowest BCUT2D eigenvalue weighted by atomic mass is 10.3. The number of nitrogens with zero attached hydrogens (tertiary/aromatic N) is 1. The van der Waals surface area contributed by atoms with Gasteiger partial charge in [0.05, 0.1) is 19.3 Å². The molecule has 1 aliphatic rings. The molecule has 8 heteroatoms. The Morgan fingerprint density at radius 2 is 2.14 bits per heavy atom. The van der Waals surface area contributed by atoms with Crippen LogP contribution < -0.4 is 0 Å². The van der Waals surface area contributed by atoms with Gasteiger partial charge in [0.1, 0.15) is 12.3 Å². The van der Waals surface area contributed by atoms with E-state index < -0.39 is 28.5 Å². The van der Waals surface area contributed by atoms with E-state index in [1.54, 1.807) is 0 Å². The molecule has 0 aromatic heterocycles. The Kier molecular flexibility index (Phi) is 2.95. The second kappa shape index (κ2) is 3.70. The van der Waals surface area contributed by atoms with Crippen molar-refractivity contribution in [2.75, 3.05) is 19.3 Å². The maximum atomic E-state index is 13.0. The Balaban J connectivity index is 2.62. The summed E-state index contributed by atoms with van der Waals surface area (Å²) in [5, 5.41) is 8.50. The largest absolute Gasteiger partial charge is 0.465 e. The molecule has 1 saturated heterocycles. The third-order valence-electron chi connectivity index (χ3n) is 1.77. The highest BCUT2D eigenvalue weighted by Crippen LogP contribution is 2.18. The fourth-order valence-corrected chi connectivity index (χ4v) is 1.84. The second-order valence-corrected chi connectivity index (χ2v) is 4.64. The number of halogens is 1. The zero-order valence-electron chi connectivity index (χ0n) is 7.38. The van der Waals surface area contributed by atoms with Crippen LogP contribution in [-0.4, -0.2) is 56.1 Å². The van der Waals surface area contributed by atoms with Gasteiger partial charge in [-0.25, -0.2) is 9.18 Å². The molecule has 0 spiro atoms. The Morgan fingerprint density at radius 1 is 1.57 bits per heavy atom. The molecule has 0 aromatic carbocycles. The molecular formula is C6H10FNO5S. The standard InChI is InChI=1S/C6H10FNO5S/c1-14(11,12)13-5-3-8(6(9)10)2-4(5)7/h4-5H,2-3H2,1H3,(H,9,10)/t4-,5+/m0/s1. The molecule has 1 amide bonds. The average Bonchev–Trinajstić information content (AvgIpc) is 2.29. The molecule has 0 aliphatic carbocycles. The first-order valence-corrected chi connectivity index (χ1v) is 5.61. The van der Waals surface area contributed by atoms with E-state index in [-0.39, 0.29) is 13.1 Å². The van der Waals surface area contributed by atoms with Crippen LogP contribution >= 0.6 is 0 Å². The van der Waals surface area contributed by atoms with E-state index in [2.05, 4.69) is 4.18 Å². The zero-order valence-corrected chi connectivity index (χ0v) is 8.20. The monoisotopic (exact) mass is 227 g/mol. The fraction of sp³-hybridized carbons (Fsp3) is 0.833. The summed E-state index contributed by atoms with van der Waals surface area (Å²) in [5.74, 6) is 0. The molecule has 1 rings (SSSR count). The first kappa shape index (κ1) is 11.2. The summed E-state index contributed by atoms with van der Waals surface area (Å²) in [5.41, 5.74) is 0. The molecule has 14 heavy (non-hydrogen) atoms. The van der Waals surface area contributed by atoms with Crippen molar-refractivity contribution in [2.45, 2.75) is 12.3 Å². The normalized spacial score (nSPS) is 28.0. The summed E-state index contributed by atoms with van der Waals surface area (Å²) < 4.78 is 38.7. The van der Waals surface area contributed by atoms with Gasteiger partial charge in [0.25, 0.3) is 10.1 Å². The lowest BCUT2D eigenvalue weighted by molar-refractivity contribution is 0.140. The molecule has 0 unspecified atom stereocenters. The van der Waals surface area contributed by atoms with Crippen LogP contribution in [0.2, 0.25) is 0 Å². The van der Waals surface area contributed by atoms with E-state index in [4.69, 9.17) is 5.11 Å². The number of hydrogen-bond donors (Lipinski definition) is 1. The molecule has 0 saturated carbocycles. The molecule has 1 heterocycles. The van der Waals surface area contributed by atoms with Gasteiger partial charge < -0.3 is 10.0 Å². The van der Waals surface area contributed by atoms with Crippen LogP contribution in [0.5, 0.6) is 0 Å². The van der Waals surface area contributed by atoms with E-state index in [0.717, 1.165) is 11.2 Å². The van der Waals surface area contributed by atoms with Gasteiger partial charge in [-0.2, -0.15) is 8.42 Å². The van der Waals surface area contributed by atoms with Gasteiger partial charge in [-0.05, 0) is 0 Å². The predicted octanol–water partition coefficient (Wildman–Crippen LogP) is -0.337. The van der Waals surface area contributed by atoms with Gasteiger partial charge in [0.15, 0.2) is 0 Å². The van der Waals surface area contributed by atoms with Crippen LogP contribution in [-0.2, 0) is 14.3 Å². The fourth-order valence-electron chi connectivity index (χ4n) is 1.21. The smallest absolute Gasteiger partial charge is 0.407 e. The number of carboxylic acid groups (broad SMARTS) is 1. The number of rotatable bonds is 2. The molecular weight excluding hydrogens is 217 g/mol. The molecule has 0 radical (unpaired) electrons. The van der Waals surface area contributed by atoms with Crippen molar-refractivity contribution in [2.24, 2.45) is 0 Å². The molecule has 1 fully saturated rings. The Bertz CT molecular complexity index is 329. The number of carbonyl (C=O) groups is 1. The van der Waals surface area contributed by atoms with Crippen LogP contribution in [0.15, 0.2) is 0 Å². The molecule has 1 N–H and O–H groups in total. The first-order chi connectivity index (χ1) is 6.29. The van der Waals surface area contributed by atoms with Crippen molar-refractivity contribution >= 4 is 16.2 Å². The summed E-state index contributed by atoms with van der Waals surface area (Å²) in [6.07, 6.45) is -3.31. The zero-order chi connectivity index (χ0) is 10.9. The minimum absolute atomic E-state index is 0.260. The minimum atomic E-state index is -3.75. The second-order valence-electron chi connectivity index (χ2n) is 3.04. The van der Waals surface area contributed by atoms with Crippen LogP contribution in [0.4, 0.5) is 9.18 Å². The van der Waals surface area contributed by atoms with Crippen molar-refractivity contribution in [3.63, 3.8) is 0 Å². The van der Waals surface area contributed by atoms with Crippen LogP contribution in [0, 0.1) is 0 Å². The summed E-state index contributed by atoms with van der Waals surface area (Å²) in [7, 11) is -3.75. The van der Waals surface area contributed by atoms with Crippen molar-refractivity contribution < 1.29 is 26.9 Å². The van der Waals surface area contributed by atoms with E-state index >= 15 is 0 Å². The van der Waals surface area contributed by atoms with Gasteiger partial charge in [0, 0.05) is 0 Å². The highest BCUT2D eigenvalue weighted by molar-refractivity contribution is 7.86. The van der Waals surface area contributed by atoms with E-state index in [1.807, 2.05) is 0 Å². The number of hydrogen-bond acceptors (Lipinski definition) is 4. The van der Waals surface area contributed by atoms with Crippen LogP contribution in [0.1, 0.15) is 0 Å². The molecule has 1 aliphatic heterocycles. The first-order valence-electron chi connectivity index (χ1n) is 3.80. The number of alkyl halides is 1. The third-order valence-corrected chi connectivity index (χ3v) is 2.36. The highest BCUT2D eigenvalue weighted by Gasteiger charge is 2.38. The average molecular weight is 227 g/mol. The lowest BCUT2D eigenvalue weighted by Gasteiger charge is -2.11. The molecule has 82 valence electrons. The van der Waals surface area contributed by atoms with Crippen LogP contribution in [0.25, 0.3) is 0 Å². The van der Waals surface area contributed by atoms with Crippen molar-refractivity contribution in [3.8, 4) is 0 Å². The van der Waals surface area contributed by atoms with Crippen molar-refractivity contribution in [1.29, 1.82) is 0 Å².